The lowest BCUT2D eigenvalue weighted by Crippen LogP contribution is -2.43. The molecule has 8 nitrogen and oxygen atoms in total. The first-order chi connectivity index (χ1) is 17.0. The monoisotopic (exact) mass is 479 g/mol. The van der Waals surface area contributed by atoms with Crippen LogP contribution in [-0.4, -0.2) is 68.0 Å². The molecule has 1 fully saturated rings. The number of hydrazone groups is 1. The third-order valence-electron chi connectivity index (χ3n) is 6.65. The highest BCUT2D eigenvalue weighted by Crippen LogP contribution is 2.37. The third kappa shape index (κ3) is 5.65. The second kappa shape index (κ2) is 11.4. The van der Waals surface area contributed by atoms with Gasteiger partial charge in [-0.1, -0.05) is 18.2 Å². The summed E-state index contributed by atoms with van der Waals surface area (Å²) >= 11 is 0. The van der Waals surface area contributed by atoms with E-state index >= 15 is 0 Å². The van der Waals surface area contributed by atoms with E-state index in [1.165, 1.54) is 0 Å². The van der Waals surface area contributed by atoms with Crippen LogP contribution in [0.25, 0.3) is 0 Å². The Balaban J connectivity index is 1.52. The minimum atomic E-state index is -0.257. The first kappa shape index (κ1) is 24.7. The van der Waals surface area contributed by atoms with Crippen LogP contribution in [-0.2, 0) is 14.3 Å². The molecule has 186 valence electrons. The Morgan fingerprint density at radius 3 is 2.37 bits per heavy atom. The summed E-state index contributed by atoms with van der Waals surface area (Å²) in [7, 11) is 3.27. The van der Waals surface area contributed by atoms with E-state index in [0.717, 1.165) is 28.3 Å². The van der Waals surface area contributed by atoms with Crippen LogP contribution in [0.2, 0.25) is 0 Å². The van der Waals surface area contributed by atoms with Crippen molar-refractivity contribution < 1.29 is 23.8 Å². The molecule has 8 heteroatoms. The van der Waals surface area contributed by atoms with Gasteiger partial charge in [0.15, 0.2) is 0 Å². The zero-order valence-electron chi connectivity index (χ0n) is 20.6. The highest BCUT2D eigenvalue weighted by atomic mass is 16.5. The minimum absolute atomic E-state index is 0.0704. The number of benzene rings is 2. The third-order valence-corrected chi connectivity index (χ3v) is 6.65. The van der Waals surface area contributed by atoms with E-state index in [2.05, 4.69) is 4.90 Å². The first-order valence-electron chi connectivity index (χ1n) is 12.1. The van der Waals surface area contributed by atoms with Crippen molar-refractivity contribution >= 4 is 17.6 Å². The van der Waals surface area contributed by atoms with Gasteiger partial charge in [0.05, 0.1) is 45.0 Å². The average molecular weight is 480 g/mol. The lowest BCUT2D eigenvalue weighted by molar-refractivity contribution is -0.149. The molecule has 0 aromatic heterocycles. The summed E-state index contributed by atoms with van der Waals surface area (Å²) in [6.45, 7) is 3.82. The van der Waals surface area contributed by atoms with Crippen molar-refractivity contribution in [3.8, 4) is 11.5 Å². The van der Waals surface area contributed by atoms with Crippen LogP contribution < -0.4 is 9.47 Å². The van der Waals surface area contributed by atoms with Crippen molar-refractivity contribution in [2.75, 3.05) is 40.5 Å². The molecule has 2 aliphatic rings. The highest BCUT2D eigenvalue weighted by Gasteiger charge is 2.36. The molecule has 0 radical (unpaired) electrons. The molecule has 0 aliphatic carbocycles. The first-order valence-corrected chi connectivity index (χ1v) is 12.1. The summed E-state index contributed by atoms with van der Waals surface area (Å²) in [6, 6.07) is 15.2. The van der Waals surface area contributed by atoms with Gasteiger partial charge in [0.25, 0.3) is 5.91 Å². The molecule has 0 spiro atoms. The Bertz CT molecular complexity index is 1060. The van der Waals surface area contributed by atoms with E-state index in [0.29, 0.717) is 39.0 Å². The number of para-hydroxylation sites is 1. The number of ether oxygens (including phenoxy) is 3. The normalized spacial score (nSPS) is 18.8. The number of carbonyl (C=O) groups is 2. The van der Waals surface area contributed by atoms with Gasteiger partial charge in [-0.15, -0.1) is 0 Å². The Labute approximate surface area is 206 Å². The van der Waals surface area contributed by atoms with E-state index in [9.17, 15) is 9.59 Å². The Morgan fingerprint density at radius 2 is 1.71 bits per heavy atom. The van der Waals surface area contributed by atoms with Crippen LogP contribution in [0, 0.1) is 5.92 Å². The maximum absolute atomic E-state index is 13.5. The summed E-state index contributed by atoms with van der Waals surface area (Å²) < 4.78 is 16.0. The molecule has 0 N–H and O–H groups in total. The SMILES string of the molecule is CCOC(=O)C1CCN(CC(=O)N2N=C(c3ccc(OC)cc3)CC2c2ccccc2OC)CC1. The molecule has 0 bridgehead atoms. The van der Waals surface area contributed by atoms with Gasteiger partial charge in [0, 0.05) is 12.0 Å². The molecule has 35 heavy (non-hydrogen) atoms. The number of amides is 1. The van der Waals surface area contributed by atoms with Crippen molar-refractivity contribution in [1.82, 2.24) is 9.91 Å². The van der Waals surface area contributed by atoms with Crippen molar-refractivity contribution in [3.63, 3.8) is 0 Å². The number of hydrogen-bond donors (Lipinski definition) is 0. The smallest absolute Gasteiger partial charge is 0.309 e. The van der Waals surface area contributed by atoms with Gasteiger partial charge in [0.2, 0.25) is 0 Å². The Kier molecular flexibility index (Phi) is 8.02. The minimum Gasteiger partial charge on any atom is -0.497 e. The fraction of sp³-hybridized carbons (Fsp3) is 0.444. The molecule has 1 unspecified atom stereocenters. The fourth-order valence-electron chi connectivity index (χ4n) is 4.73. The van der Waals surface area contributed by atoms with Crippen molar-refractivity contribution in [2.24, 2.45) is 11.0 Å². The van der Waals surface area contributed by atoms with Gasteiger partial charge < -0.3 is 14.2 Å². The quantitative estimate of drug-likeness (QED) is 0.538. The van der Waals surface area contributed by atoms with E-state index < -0.39 is 0 Å². The van der Waals surface area contributed by atoms with Crippen molar-refractivity contribution in [1.29, 1.82) is 0 Å². The number of nitrogens with zero attached hydrogens (tertiary/aromatic N) is 3. The predicted octanol–water partition coefficient (Wildman–Crippen LogP) is 3.66. The van der Waals surface area contributed by atoms with Crippen LogP contribution in [0.15, 0.2) is 53.6 Å². The molecule has 2 aliphatic heterocycles. The molecule has 4 rings (SSSR count). The van der Waals surface area contributed by atoms with Crippen LogP contribution in [0.1, 0.15) is 43.4 Å². The Morgan fingerprint density at radius 1 is 1.00 bits per heavy atom. The molecular formula is C27H33N3O5. The van der Waals surface area contributed by atoms with Gasteiger partial charge in [0.1, 0.15) is 11.5 Å². The number of rotatable bonds is 8. The second-order valence-corrected chi connectivity index (χ2v) is 8.78. The van der Waals surface area contributed by atoms with E-state index in [1.54, 1.807) is 19.2 Å². The predicted molar refractivity (Wildman–Crippen MR) is 133 cm³/mol. The molecule has 2 heterocycles. The topological polar surface area (TPSA) is 80.7 Å². The van der Waals surface area contributed by atoms with Crippen LogP contribution >= 0.6 is 0 Å². The maximum atomic E-state index is 13.5. The fourth-order valence-corrected chi connectivity index (χ4v) is 4.73. The lowest BCUT2D eigenvalue weighted by Gasteiger charge is -2.32. The van der Waals surface area contributed by atoms with Crippen LogP contribution in [0.4, 0.5) is 0 Å². The maximum Gasteiger partial charge on any atom is 0.309 e. The highest BCUT2D eigenvalue weighted by molar-refractivity contribution is 6.03. The molecule has 0 saturated carbocycles. The number of likely N-dealkylation sites (tertiary alicyclic amines) is 1. The summed E-state index contributed by atoms with van der Waals surface area (Å²) in [5, 5.41) is 6.39. The van der Waals surface area contributed by atoms with Gasteiger partial charge in [-0.05, 0) is 68.8 Å². The summed E-state index contributed by atoms with van der Waals surface area (Å²) in [5.74, 6) is 1.21. The number of hydrogen-bond acceptors (Lipinski definition) is 7. The molecule has 1 atom stereocenters. The number of methoxy groups -OCH3 is 2. The molecule has 2 aromatic carbocycles. The Hall–Kier alpha value is -3.39. The molecule has 2 aromatic rings. The van der Waals surface area contributed by atoms with Gasteiger partial charge in [-0.3, -0.25) is 14.5 Å². The second-order valence-electron chi connectivity index (χ2n) is 8.78. The summed E-state index contributed by atoms with van der Waals surface area (Å²) in [6.07, 6.45) is 1.98. The molecule has 1 amide bonds. The number of piperidine rings is 1. The number of esters is 1. The standard InChI is InChI=1S/C27H33N3O5/c1-4-35-27(32)20-13-15-29(16-14-20)18-26(31)30-24(22-7-5-6-8-25(22)34-3)17-23(28-30)19-9-11-21(33-2)12-10-19/h5-12,20,24H,4,13-18H2,1-3H3. The van der Waals surface area contributed by atoms with Gasteiger partial charge in [-0.25, -0.2) is 5.01 Å². The van der Waals surface area contributed by atoms with Gasteiger partial charge in [-0.2, -0.15) is 5.10 Å². The summed E-state index contributed by atoms with van der Waals surface area (Å²) in [5.41, 5.74) is 2.73. The number of carbonyl (C=O) groups excluding carboxylic acids is 2. The molecular weight excluding hydrogens is 446 g/mol. The zero-order chi connectivity index (χ0) is 24.8. The molecule has 1 saturated heterocycles. The van der Waals surface area contributed by atoms with E-state index in [1.807, 2.05) is 55.5 Å². The summed E-state index contributed by atoms with van der Waals surface area (Å²) in [4.78, 5) is 27.7. The average Bonchev–Trinajstić information content (AvgIpc) is 3.35. The van der Waals surface area contributed by atoms with E-state index in [4.69, 9.17) is 19.3 Å². The van der Waals surface area contributed by atoms with Crippen LogP contribution in [0.5, 0.6) is 11.5 Å². The zero-order valence-corrected chi connectivity index (χ0v) is 20.6. The van der Waals surface area contributed by atoms with Gasteiger partial charge >= 0.3 is 5.97 Å². The van der Waals surface area contributed by atoms with Crippen molar-refractivity contribution in [2.45, 2.75) is 32.2 Å². The lowest BCUT2D eigenvalue weighted by atomic mass is 9.96. The van der Waals surface area contributed by atoms with E-state index in [-0.39, 0.29) is 30.4 Å². The largest absolute Gasteiger partial charge is 0.497 e. The van der Waals surface area contributed by atoms with Crippen molar-refractivity contribution in [3.05, 3.63) is 59.7 Å². The van der Waals surface area contributed by atoms with Crippen LogP contribution in [0.3, 0.4) is 0 Å².